The number of hydrogen-bond donors (Lipinski definition) is 3. The van der Waals surface area contributed by atoms with Crippen LogP contribution in [0.5, 0.6) is 17.2 Å². The first-order chi connectivity index (χ1) is 17.9. The van der Waals surface area contributed by atoms with E-state index in [1.54, 1.807) is 37.6 Å². The SMILES string of the molecule is COc1ccc(COc2ccc([C@@H](O)CN3C[C@H]4C[C@H](Oc5ccccc5F)[C@H](O)[C@@]4(O)C3)nc2)cc1. The van der Waals surface area contributed by atoms with Gasteiger partial charge in [0.2, 0.25) is 0 Å². The molecule has 5 atom stereocenters. The first-order valence-corrected chi connectivity index (χ1v) is 12.3. The summed E-state index contributed by atoms with van der Waals surface area (Å²) in [7, 11) is 1.62. The minimum Gasteiger partial charge on any atom is -0.497 e. The van der Waals surface area contributed by atoms with Gasteiger partial charge in [0.15, 0.2) is 11.6 Å². The minimum atomic E-state index is -1.39. The molecule has 0 unspecified atom stereocenters. The van der Waals surface area contributed by atoms with Crippen molar-refractivity contribution in [2.75, 3.05) is 26.7 Å². The number of halogens is 1. The summed E-state index contributed by atoms with van der Waals surface area (Å²) in [5.74, 6) is 0.662. The molecular weight excluding hydrogens is 479 g/mol. The number of likely N-dealkylation sites (tertiary alicyclic amines) is 1. The maximum Gasteiger partial charge on any atom is 0.165 e. The van der Waals surface area contributed by atoms with Gasteiger partial charge in [0, 0.05) is 25.6 Å². The van der Waals surface area contributed by atoms with Gasteiger partial charge >= 0.3 is 0 Å². The Bertz CT molecular complexity index is 1190. The molecule has 196 valence electrons. The molecule has 1 saturated heterocycles. The molecular formula is C28H31FN2O6. The lowest BCUT2D eigenvalue weighted by atomic mass is 9.93. The Morgan fingerprint density at radius 2 is 1.86 bits per heavy atom. The predicted molar refractivity (Wildman–Crippen MR) is 133 cm³/mol. The average Bonchev–Trinajstić information content (AvgIpc) is 3.34. The lowest BCUT2D eigenvalue weighted by Gasteiger charge is -2.29. The second-order valence-electron chi connectivity index (χ2n) is 9.72. The van der Waals surface area contributed by atoms with Gasteiger partial charge in [0.05, 0.1) is 19.0 Å². The van der Waals surface area contributed by atoms with E-state index in [9.17, 15) is 19.7 Å². The van der Waals surface area contributed by atoms with Crippen molar-refractivity contribution >= 4 is 0 Å². The van der Waals surface area contributed by atoms with Gasteiger partial charge in [-0.1, -0.05) is 24.3 Å². The molecule has 3 aromatic rings. The molecule has 5 rings (SSSR count). The van der Waals surface area contributed by atoms with Crippen LogP contribution in [0.1, 0.15) is 23.8 Å². The summed E-state index contributed by atoms with van der Waals surface area (Å²) in [5.41, 5.74) is 0.0932. The standard InChI is InChI=1S/C28H31FN2O6/c1-35-20-8-6-18(7-9-20)16-36-21-10-11-23(30-13-21)24(32)15-31-14-19-12-26(27(33)28(19,34)17-31)37-25-5-3-2-4-22(25)29/h2-11,13,19,24,26-27,32-34H,12,14-17H2,1H3/t19-,24+,26+,27+,28-/m1/s1. The summed E-state index contributed by atoms with van der Waals surface area (Å²) in [5, 5.41) is 32.8. The van der Waals surface area contributed by atoms with Crippen LogP contribution in [0.25, 0.3) is 0 Å². The average molecular weight is 511 g/mol. The Kier molecular flexibility index (Phi) is 7.30. The molecule has 8 nitrogen and oxygen atoms in total. The number of hydrogen-bond acceptors (Lipinski definition) is 8. The molecule has 2 heterocycles. The van der Waals surface area contributed by atoms with Gasteiger partial charge in [-0.3, -0.25) is 9.88 Å². The second kappa shape index (κ2) is 10.6. The Morgan fingerprint density at radius 3 is 2.54 bits per heavy atom. The van der Waals surface area contributed by atoms with E-state index in [1.165, 1.54) is 12.1 Å². The van der Waals surface area contributed by atoms with Crippen molar-refractivity contribution in [3.63, 3.8) is 0 Å². The number of benzene rings is 2. The molecule has 2 fully saturated rings. The van der Waals surface area contributed by atoms with E-state index >= 15 is 0 Å². The highest BCUT2D eigenvalue weighted by Crippen LogP contribution is 2.44. The second-order valence-corrected chi connectivity index (χ2v) is 9.72. The fraction of sp³-hybridized carbons (Fsp3) is 0.393. The van der Waals surface area contributed by atoms with Crippen LogP contribution in [0.3, 0.4) is 0 Å². The topological polar surface area (TPSA) is 105 Å². The van der Waals surface area contributed by atoms with Gasteiger partial charge in [0.25, 0.3) is 0 Å². The molecule has 2 aromatic carbocycles. The largest absolute Gasteiger partial charge is 0.497 e. The number of aliphatic hydroxyl groups excluding tert-OH is 2. The molecule has 9 heteroatoms. The zero-order valence-corrected chi connectivity index (χ0v) is 20.5. The first kappa shape index (κ1) is 25.4. The van der Waals surface area contributed by atoms with E-state index in [4.69, 9.17) is 14.2 Å². The van der Waals surface area contributed by atoms with Crippen LogP contribution in [-0.2, 0) is 6.61 Å². The van der Waals surface area contributed by atoms with Crippen molar-refractivity contribution in [3.8, 4) is 17.2 Å². The molecule has 3 N–H and O–H groups in total. The van der Waals surface area contributed by atoms with Crippen molar-refractivity contribution in [2.45, 2.75) is 36.9 Å². The smallest absolute Gasteiger partial charge is 0.165 e. The summed E-state index contributed by atoms with van der Waals surface area (Å²) in [4.78, 5) is 6.25. The number of aliphatic hydroxyl groups is 3. The zero-order valence-electron chi connectivity index (χ0n) is 20.5. The van der Waals surface area contributed by atoms with E-state index in [0.717, 1.165) is 11.3 Å². The third-order valence-electron chi connectivity index (χ3n) is 7.25. The molecule has 1 aliphatic heterocycles. The number of rotatable bonds is 9. The van der Waals surface area contributed by atoms with Gasteiger partial charge < -0.3 is 29.5 Å². The van der Waals surface area contributed by atoms with Crippen LogP contribution in [0.4, 0.5) is 4.39 Å². The lowest BCUT2D eigenvalue weighted by molar-refractivity contribution is -0.0879. The van der Waals surface area contributed by atoms with E-state index in [2.05, 4.69) is 4.98 Å². The molecule has 1 saturated carbocycles. The molecule has 1 aromatic heterocycles. The van der Waals surface area contributed by atoms with Gasteiger partial charge in [-0.15, -0.1) is 0 Å². The van der Waals surface area contributed by atoms with Crippen molar-refractivity contribution in [1.82, 2.24) is 9.88 Å². The van der Waals surface area contributed by atoms with Crippen LogP contribution in [0.15, 0.2) is 66.9 Å². The number of para-hydroxylation sites is 1. The first-order valence-electron chi connectivity index (χ1n) is 12.3. The fourth-order valence-corrected chi connectivity index (χ4v) is 5.22. The van der Waals surface area contributed by atoms with Crippen LogP contribution in [0, 0.1) is 11.7 Å². The van der Waals surface area contributed by atoms with Crippen molar-refractivity contribution < 1.29 is 33.9 Å². The van der Waals surface area contributed by atoms with E-state index in [-0.39, 0.29) is 24.8 Å². The van der Waals surface area contributed by atoms with Gasteiger partial charge in [-0.25, -0.2) is 4.39 Å². The Labute approximate surface area is 214 Å². The predicted octanol–water partition coefficient (Wildman–Crippen LogP) is 2.72. The number of pyridine rings is 1. The van der Waals surface area contributed by atoms with E-state index in [1.807, 2.05) is 29.2 Å². The summed E-state index contributed by atoms with van der Waals surface area (Å²) in [6, 6.07) is 17.1. The lowest BCUT2D eigenvalue weighted by Crippen LogP contribution is -2.49. The van der Waals surface area contributed by atoms with Crippen molar-refractivity contribution in [3.05, 3.63) is 83.9 Å². The Balaban J connectivity index is 1.13. The monoisotopic (exact) mass is 510 g/mol. The molecule has 0 radical (unpaired) electrons. The van der Waals surface area contributed by atoms with Crippen molar-refractivity contribution in [1.29, 1.82) is 0 Å². The highest BCUT2D eigenvalue weighted by atomic mass is 19.1. The molecule has 0 spiro atoms. The van der Waals surface area contributed by atoms with E-state index < -0.39 is 29.7 Å². The Hall–Kier alpha value is -3.24. The van der Waals surface area contributed by atoms with Crippen LogP contribution in [-0.4, -0.2) is 69.8 Å². The number of β-amino-alcohol motifs (C(OH)–C–C–N with tert-alkyl or cyclic N) is 2. The summed E-state index contributed by atoms with van der Waals surface area (Å²) < 4.78 is 30.6. The molecule has 0 amide bonds. The number of fused-ring (bicyclic) bond motifs is 1. The van der Waals surface area contributed by atoms with E-state index in [0.29, 0.717) is 31.0 Å². The van der Waals surface area contributed by atoms with Gasteiger partial charge in [-0.2, -0.15) is 0 Å². The fourth-order valence-electron chi connectivity index (χ4n) is 5.22. The third kappa shape index (κ3) is 5.40. The summed E-state index contributed by atoms with van der Waals surface area (Å²) in [6.07, 6.45) is -0.786. The maximum atomic E-state index is 14.0. The highest BCUT2D eigenvalue weighted by Gasteiger charge is 2.59. The molecule has 1 aliphatic carbocycles. The highest BCUT2D eigenvalue weighted by molar-refractivity contribution is 5.28. The number of methoxy groups -OCH3 is 1. The third-order valence-corrected chi connectivity index (χ3v) is 7.25. The summed E-state index contributed by atoms with van der Waals surface area (Å²) in [6.45, 7) is 1.29. The van der Waals surface area contributed by atoms with Crippen molar-refractivity contribution in [2.24, 2.45) is 5.92 Å². The van der Waals surface area contributed by atoms with Crippen LogP contribution >= 0.6 is 0 Å². The maximum absolute atomic E-state index is 14.0. The Morgan fingerprint density at radius 1 is 1.11 bits per heavy atom. The summed E-state index contributed by atoms with van der Waals surface area (Å²) >= 11 is 0. The molecule has 2 aliphatic rings. The molecule has 37 heavy (non-hydrogen) atoms. The minimum absolute atomic E-state index is 0.0601. The zero-order chi connectivity index (χ0) is 26.0. The van der Waals surface area contributed by atoms with Crippen LogP contribution < -0.4 is 14.2 Å². The number of nitrogens with zero attached hydrogens (tertiary/aromatic N) is 2. The number of ether oxygens (including phenoxy) is 3. The quantitative estimate of drug-likeness (QED) is 0.404. The van der Waals surface area contributed by atoms with Gasteiger partial charge in [-0.05, 0) is 48.4 Å². The number of aromatic nitrogens is 1. The van der Waals surface area contributed by atoms with Gasteiger partial charge in [0.1, 0.15) is 42.0 Å². The van der Waals surface area contributed by atoms with Crippen LogP contribution in [0.2, 0.25) is 0 Å². The normalized spacial score (nSPS) is 26.0. The molecule has 0 bridgehead atoms.